The highest BCUT2D eigenvalue weighted by molar-refractivity contribution is 5.32. The quantitative estimate of drug-likeness (QED) is 0.0906. The van der Waals surface area contributed by atoms with Crippen LogP contribution in [0.15, 0.2) is 11.6 Å². The summed E-state index contributed by atoms with van der Waals surface area (Å²) in [4.78, 5) is 0. The van der Waals surface area contributed by atoms with Crippen molar-refractivity contribution in [2.24, 2.45) is 45.3 Å². The Morgan fingerprint density at radius 2 is 1.26 bits per heavy atom. The number of rotatable bonds is 15. The molecule has 3 saturated carbocycles. The Morgan fingerprint density at radius 1 is 0.691 bits per heavy atom. The van der Waals surface area contributed by atoms with E-state index in [4.69, 9.17) is 28.4 Å². The van der Waals surface area contributed by atoms with Crippen LogP contribution >= 0.6 is 0 Å². The van der Waals surface area contributed by atoms with Gasteiger partial charge in [-0.3, -0.25) is 0 Å². The summed E-state index contributed by atoms with van der Waals surface area (Å²) >= 11 is 0. The largest absolute Gasteiger partial charge is 0.396 e. The Bertz CT molecular complexity index is 1730. The Labute approximate surface area is 400 Å². The van der Waals surface area contributed by atoms with Gasteiger partial charge in [0.15, 0.2) is 18.9 Å². The molecule has 19 heteroatoms. The zero-order valence-corrected chi connectivity index (χ0v) is 41.0. The van der Waals surface area contributed by atoms with E-state index in [-0.39, 0.29) is 53.6 Å². The summed E-state index contributed by atoms with van der Waals surface area (Å²) < 4.78 is 35.6. The van der Waals surface area contributed by atoms with E-state index in [0.717, 1.165) is 25.7 Å². The standard InChI is InChI=1S/C49H84O19/c1-22(9-13-32(46(4,5)62)68-44-41(61)38(58)35(55)28(66-44)21-63-42-39(59)37(57)34(54)27(20-51)65-42)23-15-17-47(6)29-12-10-24-25(49(29,8)30(52)19-48(23,47)7)11-14-31(45(24,2)3)67-43-40(60)36(56)33(53)26(64-43)16-18-50/h10,22-23,25-44,50-62H,9,11-21H2,1-8H3/t22-,23?,25?,26-,27-,28-,29?,30-,31+,32-,33-,34-,35-,36+,37+,38+,39-,40-,41-,42?,43+,44+,47+,48-,49+/m1/s1. The third-order valence-electron chi connectivity index (χ3n) is 18.9. The molecular formula is C49H84O19. The van der Waals surface area contributed by atoms with Gasteiger partial charge in [0, 0.05) is 17.4 Å². The Morgan fingerprint density at radius 3 is 1.88 bits per heavy atom. The molecule has 3 saturated heterocycles. The maximum absolute atomic E-state index is 12.6. The van der Waals surface area contributed by atoms with Crippen molar-refractivity contribution < 1.29 is 94.8 Å². The van der Waals surface area contributed by atoms with Crippen molar-refractivity contribution in [3.63, 3.8) is 0 Å². The Balaban J connectivity index is 1.01. The molecule has 0 spiro atoms. The van der Waals surface area contributed by atoms with Crippen molar-refractivity contribution >= 4 is 0 Å². The molecule has 394 valence electrons. The molecular weight excluding hydrogens is 893 g/mol. The molecule has 7 aliphatic rings. The van der Waals surface area contributed by atoms with E-state index in [1.807, 2.05) is 0 Å². The molecule has 68 heavy (non-hydrogen) atoms. The van der Waals surface area contributed by atoms with Crippen LogP contribution in [0.1, 0.15) is 113 Å². The lowest BCUT2D eigenvalue weighted by Crippen LogP contribution is -2.65. The maximum atomic E-state index is 12.6. The first-order valence-electron chi connectivity index (χ1n) is 25.0. The average molecular weight is 977 g/mol. The summed E-state index contributed by atoms with van der Waals surface area (Å²) in [5.41, 5.74) is -1.57. The minimum Gasteiger partial charge on any atom is -0.396 e. The Kier molecular flexibility index (Phi) is 16.4. The lowest BCUT2D eigenvalue weighted by Gasteiger charge is -2.67. The molecule has 7 rings (SSSR count). The van der Waals surface area contributed by atoms with Crippen LogP contribution in [0.4, 0.5) is 0 Å². The molecule has 19 nitrogen and oxygen atoms in total. The van der Waals surface area contributed by atoms with Crippen LogP contribution in [0.3, 0.4) is 0 Å². The number of allylic oxidation sites excluding steroid dienone is 1. The van der Waals surface area contributed by atoms with Gasteiger partial charge >= 0.3 is 0 Å². The van der Waals surface area contributed by atoms with Crippen LogP contribution in [0.2, 0.25) is 0 Å². The summed E-state index contributed by atoms with van der Waals surface area (Å²) in [6.07, 6.45) is -16.1. The first-order valence-corrected chi connectivity index (χ1v) is 25.0. The molecule has 6 fully saturated rings. The molecule has 4 unspecified atom stereocenters. The SMILES string of the molecule is C[C@H](CC[C@@H](O[C@@H]1O[C@H](COC2O[C@H](CO)[C@@H](O)[C@H](O)[C@H]2O)[C@@H](O)[C@H](O)[C@H]1O)C(C)(C)O)C1CC[C@@]2(C)C3CC=C4C(CC[C@H](O[C@@H]5O[C@H](CCO)[C@@H](O)[C@H](O)[C@H]5O)C4(C)C)[C@]3(C)[C@H](O)C[C@]12C. The Hall–Kier alpha value is -1.02. The number of fused-ring (bicyclic) bond motifs is 5. The van der Waals surface area contributed by atoms with E-state index in [9.17, 15) is 66.4 Å². The van der Waals surface area contributed by atoms with Crippen LogP contribution in [-0.2, 0) is 28.4 Å². The second-order valence-corrected chi connectivity index (χ2v) is 23.4. The summed E-state index contributed by atoms with van der Waals surface area (Å²) in [5.74, 6) is 0.560. The number of aliphatic hydroxyl groups excluding tert-OH is 12. The second-order valence-electron chi connectivity index (χ2n) is 23.4. The first kappa shape index (κ1) is 54.7. The average Bonchev–Trinajstić information content (AvgIpc) is 3.55. The van der Waals surface area contributed by atoms with E-state index in [2.05, 4.69) is 47.6 Å². The fourth-order valence-corrected chi connectivity index (χ4v) is 14.4. The van der Waals surface area contributed by atoms with Gasteiger partial charge in [0.25, 0.3) is 0 Å². The topological polar surface area (TPSA) is 318 Å². The lowest BCUT2D eigenvalue weighted by atomic mass is 9.38. The first-order chi connectivity index (χ1) is 31.7. The molecule has 0 aromatic carbocycles. The van der Waals surface area contributed by atoms with E-state index in [1.165, 1.54) is 5.57 Å². The summed E-state index contributed by atoms with van der Waals surface area (Å²) in [6.45, 7) is 15.1. The smallest absolute Gasteiger partial charge is 0.187 e. The lowest BCUT2D eigenvalue weighted by molar-refractivity contribution is -0.341. The fraction of sp³-hybridized carbons (Fsp3) is 0.959. The maximum Gasteiger partial charge on any atom is 0.187 e. The number of hydrogen-bond acceptors (Lipinski definition) is 19. The van der Waals surface area contributed by atoms with E-state index in [1.54, 1.807) is 13.8 Å². The van der Waals surface area contributed by atoms with Gasteiger partial charge in [0.05, 0.1) is 43.2 Å². The molecule has 25 atom stereocenters. The summed E-state index contributed by atoms with van der Waals surface area (Å²) in [7, 11) is 0. The van der Waals surface area contributed by atoms with Crippen LogP contribution < -0.4 is 0 Å². The minimum absolute atomic E-state index is 0.0660. The van der Waals surface area contributed by atoms with Crippen molar-refractivity contribution in [2.45, 2.75) is 229 Å². The summed E-state index contributed by atoms with van der Waals surface area (Å²) in [5, 5.41) is 139. The number of ether oxygens (including phenoxy) is 6. The van der Waals surface area contributed by atoms with Gasteiger partial charge in [0.1, 0.15) is 67.1 Å². The van der Waals surface area contributed by atoms with Crippen LogP contribution in [0, 0.1) is 45.3 Å². The molecule has 4 aliphatic carbocycles. The second kappa shape index (κ2) is 20.4. The molecule has 0 radical (unpaired) electrons. The minimum atomic E-state index is -1.75. The third kappa shape index (κ3) is 9.43. The highest BCUT2D eigenvalue weighted by Gasteiger charge is 2.70. The van der Waals surface area contributed by atoms with E-state index < -0.39 is 134 Å². The highest BCUT2D eigenvalue weighted by atomic mass is 16.7. The predicted octanol–water partition coefficient (Wildman–Crippen LogP) is -0.666. The van der Waals surface area contributed by atoms with Crippen LogP contribution in [0.5, 0.6) is 0 Å². The van der Waals surface area contributed by atoms with Crippen molar-refractivity contribution in [3.05, 3.63) is 11.6 Å². The predicted molar refractivity (Wildman–Crippen MR) is 240 cm³/mol. The summed E-state index contributed by atoms with van der Waals surface area (Å²) in [6, 6.07) is 0. The monoisotopic (exact) mass is 977 g/mol. The van der Waals surface area contributed by atoms with E-state index in [0.29, 0.717) is 25.7 Å². The zero-order valence-electron chi connectivity index (χ0n) is 41.0. The van der Waals surface area contributed by atoms with Crippen LogP contribution in [-0.4, -0.2) is 202 Å². The van der Waals surface area contributed by atoms with Gasteiger partial charge in [-0.2, -0.15) is 0 Å². The van der Waals surface area contributed by atoms with Crippen LogP contribution in [0.25, 0.3) is 0 Å². The van der Waals surface area contributed by atoms with Crippen molar-refractivity contribution in [1.82, 2.24) is 0 Å². The fourth-order valence-electron chi connectivity index (χ4n) is 14.4. The van der Waals surface area contributed by atoms with Gasteiger partial charge in [-0.15, -0.1) is 0 Å². The van der Waals surface area contributed by atoms with Gasteiger partial charge < -0.3 is 94.8 Å². The number of hydrogen-bond donors (Lipinski definition) is 13. The highest BCUT2D eigenvalue weighted by Crippen LogP contribution is 2.75. The van der Waals surface area contributed by atoms with Crippen molar-refractivity contribution in [3.8, 4) is 0 Å². The molecule has 13 N–H and O–H groups in total. The van der Waals surface area contributed by atoms with Crippen molar-refractivity contribution in [1.29, 1.82) is 0 Å². The normalized spacial score (nSPS) is 50.4. The molecule has 0 bridgehead atoms. The number of aliphatic hydroxyl groups is 13. The molecule has 0 amide bonds. The van der Waals surface area contributed by atoms with Gasteiger partial charge in [-0.05, 0) is 106 Å². The van der Waals surface area contributed by atoms with Gasteiger partial charge in [0.2, 0.25) is 0 Å². The van der Waals surface area contributed by atoms with Crippen molar-refractivity contribution in [2.75, 3.05) is 19.8 Å². The molecule has 3 heterocycles. The van der Waals surface area contributed by atoms with E-state index >= 15 is 0 Å². The van der Waals surface area contributed by atoms with Gasteiger partial charge in [-0.1, -0.05) is 53.2 Å². The molecule has 0 aromatic heterocycles. The third-order valence-corrected chi connectivity index (χ3v) is 18.9. The zero-order chi connectivity index (χ0) is 50.2. The molecule has 0 aromatic rings. The molecule has 3 aliphatic heterocycles. The van der Waals surface area contributed by atoms with Gasteiger partial charge in [-0.25, -0.2) is 0 Å².